The molecule has 5 aromatic carbocycles. The Hall–Kier alpha value is -4.69. The van der Waals surface area contributed by atoms with E-state index in [4.69, 9.17) is 34.8 Å². The molecule has 8 rings (SSSR count). The second-order valence-corrected chi connectivity index (χ2v) is 13.9. The van der Waals surface area contributed by atoms with Gasteiger partial charge in [-0.25, -0.2) is 4.90 Å². The molecule has 1 aliphatic heterocycles. The summed E-state index contributed by atoms with van der Waals surface area (Å²) in [6.07, 6.45) is -4.78. The molecule has 0 spiro atoms. The van der Waals surface area contributed by atoms with E-state index in [1.165, 1.54) is 0 Å². The average Bonchev–Trinajstić information content (AvgIpc) is 3.61. The number of carbonyl (C=O) groups excluding carboxylic acids is 3. The summed E-state index contributed by atoms with van der Waals surface area (Å²) < 4.78 is 42.0. The first-order chi connectivity index (χ1) is 23.9. The molecule has 3 aliphatic rings. The number of ketones is 1. The predicted octanol–water partition coefficient (Wildman–Crippen LogP) is 9.85. The molecule has 2 bridgehead atoms. The summed E-state index contributed by atoms with van der Waals surface area (Å²) in [7, 11) is 0. The number of fused-ring (bicyclic) bond motifs is 5. The number of carbonyl (C=O) groups is 3. The van der Waals surface area contributed by atoms with E-state index in [-0.39, 0.29) is 5.02 Å². The third kappa shape index (κ3) is 4.30. The highest BCUT2D eigenvalue weighted by Crippen LogP contribution is 2.74. The van der Waals surface area contributed by atoms with E-state index in [1.54, 1.807) is 48.5 Å². The van der Waals surface area contributed by atoms with Gasteiger partial charge in [0.05, 0.1) is 38.9 Å². The smallest absolute Gasteiger partial charge is 0.297 e. The minimum Gasteiger partial charge on any atom is -0.297 e. The van der Waals surface area contributed by atoms with Crippen molar-refractivity contribution in [2.75, 3.05) is 4.90 Å². The minimum atomic E-state index is -4.78. The Morgan fingerprint density at radius 1 is 0.560 bits per heavy atom. The summed E-state index contributed by atoms with van der Waals surface area (Å²) in [6, 6.07) is 34.0. The standard InChI is InChI=1S/C40H23Cl3F3NO3/c41-27-16-11-24(12-17-27)38-31(22-7-3-1-4-8-22)32(23-9-5-2-6-10-23)39(37(38)50,25-13-18-28(42)19-14-25)34-33(38)35(48)47(36(34)49)30-21-26(40(44,45)46)15-20-29(30)43/h1-21,33-34H. The lowest BCUT2D eigenvalue weighted by atomic mass is 9.59. The fourth-order valence-electron chi connectivity index (χ4n) is 8.46. The molecule has 1 saturated carbocycles. The number of hydrogen-bond acceptors (Lipinski definition) is 3. The molecule has 2 aliphatic carbocycles. The maximum atomic E-state index is 15.9. The number of imide groups is 1. The molecule has 0 radical (unpaired) electrons. The van der Waals surface area contributed by atoms with Gasteiger partial charge in [-0.2, -0.15) is 13.2 Å². The van der Waals surface area contributed by atoms with Crippen molar-refractivity contribution in [3.63, 3.8) is 0 Å². The van der Waals surface area contributed by atoms with E-state index in [1.807, 2.05) is 60.7 Å². The monoisotopic (exact) mass is 727 g/mol. The molecular formula is C40H23Cl3F3NO3. The van der Waals surface area contributed by atoms with Crippen LogP contribution in [0.4, 0.5) is 18.9 Å². The number of amides is 2. The van der Waals surface area contributed by atoms with Gasteiger partial charge in [-0.05, 0) is 75.9 Å². The van der Waals surface area contributed by atoms with Crippen molar-refractivity contribution < 1.29 is 27.6 Å². The number of hydrogen-bond donors (Lipinski definition) is 0. The van der Waals surface area contributed by atoms with Crippen molar-refractivity contribution >= 4 is 69.2 Å². The molecule has 1 saturated heterocycles. The molecule has 0 aromatic heterocycles. The van der Waals surface area contributed by atoms with E-state index in [0.29, 0.717) is 49.5 Å². The average molecular weight is 729 g/mol. The lowest BCUT2D eigenvalue weighted by Gasteiger charge is -2.39. The van der Waals surface area contributed by atoms with Gasteiger partial charge in [0, 0.05) is 10.0 Å². The number of rotatable bonds is 5. The van der Waals surface area contributed by atoms with Crippen LogP contribution in [0, 0.1) is 11.8 Å². The zero-order valence-electron chi connectivity index (χ0n) is 25.7. The zero-order valence-corrected chi connectivity index (χ0v) is 28.0. The highest BCUT2D eigenvalue weighted by atomic mass is 35.5. The van der Waals surface area contributed by atoms with Crippen LogP contribution in [0.15, 0.2) is 127 Å². The summed E-state index contributed by atoms with van der Waals surface area (Å²) in [5.41, 5.74) is -1.90. The van der Waals surface area contributed by atoms with Crippen molar-refractivity contribution in [1.82, 2.24) is 0 Å². The van der Waals surface area contributed by atoms with Crippen LogP contribution >= 0.6 is 34.8 Å². The van der Waals surface area contributed by atoms with Gasteiger partial charge in [0.2, 0.25) is 11.8 Å². The van der Waals surface area contributed by atoms with Gasteiger partial charge >= 0.3 is 6.18 Å². The van der Waals surface area contributed by atoms with Crippen molar-refractivity contribution in [3.8, 4) is 0 Å². The fraction of sp³-hybridized carbons (Fsp3) is 0.125. The summed E-state index contributed by atoms with van der Waals surface area (Å²) in [4.78, 5) is 46.9. The first kappa shape index (κ1) is 32.5. The molecule has 50 heavy (non-hydrogen) atoms. The van der Waals surface area contributed by atoms with Gasteiger partial charge in [-0.15, -0.1) is 0 Å². The Labute approximate surface area is 299 Å². The fourth-order valence-corrected chi connectivity index (χ4v) is 8.91. The van der Waals surface area contributed by atoms with E-state index < -0.39 is 57.7 Å². The lowest BCUT2D eigenvalue weighted by molar-refractivity contribution is -0.137. The summed E-state index contributed by atoms with van der Waals surface area (Å²) in [5.74, 6) is -4.80. The van der Waals surface area contributed by atoms with Crippen molar-refractivity contribution in [1.29, 1.82) is 0 Å². The quantitative estimate of drug-likeness (QED) is 0.169. The molecule has 248 valence electrons. The van der Waals surface area contributed by atoms with Crippen LogP contribution < -0.4 is 4.90 Å². The molecule has 4 nitrogen and oxygen atoms in total. The van der Waals surface area contributed by atoms with E-state index >= 15 is 14.4 Å². The number of nitrogens with zero attached hydrogens (tertiary/aromatic N) is 1. The maximum Gasteiger partial charge on any atom is 0.416 e. The van der Waals surface area contributed by atoms with Crippen LogP contribution in [0.25, 0.3) is 11.1 Å². The van der Waals surface area contributed by atoms with E-state index in [2.05, 4.69) is 0 Å². The van der Waals surface area contributed by atoms with Gasteiger partial charge in [-0.3, -0.25) is 14.4 Å². The van der Waals surface area contributed by atoms with Crippen LogP contribution in [0.3, 0.4) is 0 Å². The van der Waals surface area contributed by atoms with Crippen LogP contribution in [-0.4, -0.2) is 17.6 Å². The highest BCUT2D eigenvalue weighted by Gasteiger charge is 2.82. The molecular weight excluding hydrogens is 706 g/mol. The normalized spacial score (nSPS) is 24.4. The third-order valence-corrected chi connectivity index (χ3v) is 11.1. The summed E-state index contributed by atoms with van der Waals surface area (Å²) in [6.45, 7) is 0. The number of allylic oxidation sites excluding steroid dienone is 2. The molecule has 2 fully saturated rings. The van der Waals surface area contributed by atoms with Crippen LogP contribution in [0.1, 0.15) is 27.8 Å². The second-order valence-electron chi connectivity index (χ2n) is 12.6. The second kappa shape index (κ2) is 11.4. The van der Waals surface area contributed by atoms with Gasteiger partial charge in [-0.1, -0.05) is 120 Å². The van der Waals surface area contributed by atoms with Crippen LogP contribution in [-0.2, 0) is 31.4 Å². The predicted molar refractivity (Wildman–Crippen MR) is 187 cm³/mol. The minimum absolute atomic E-state index is 0.223. The molecule has 4 unspecified atom stereocenters. The Balaban J connectivity index is 1.53. The van der Waals surface area contributed by atoms with Crippen molar-refractivity contribution in [2.24, 2.45) is 11.8 Å². The van der Waals surface area contributed by atoms with Crippen LogP contribution in [0.5, 0.6) is 0 Å². The molecule has 0 N–H and O–H groups in total. The van der Waals surface area contributed by atoms with Crippen LogP contribution in [0.2, 0.25) is 15.1 Å². The number of benzene rings is 5. The Kier molecular flexibility index (Phi) is 7.43. The molecule has 4 atom stereocenters. The molecule has 2 amide bonds. The number of halogens is 6. The molecule has 10 heteroatoms. The first-order valence-corrected chi connectivity index (χ1v) is 16.7. The number of alkyl halides is 3. The highest BCUT2D eigenvalue weighted by molar-refractivity contribution is 6.41. The number of anilines is 1. The first-order valence-electron chi connectivity index (χ1n) is 15.6. The summed E-state index contributed by atoms with van der Waals surface area (Å²) >= 11 is 19.2. The number of Topliss-reactive ketones (excluding diaryl/α,β-unsaturated/α-hetero) is 1. The Morgan fingerprint density at radius 3 is 1.38 bits per heavy atom. The summed E-state index contributed by atoms with van der Waals surface area (Å²) in [5, 5.41) is 0.543. The third-order valence-electron chi connectivity index (χ3n) is 10.2. The SMILES string of the molecule is O=C1C2C(C(=O)N1c1cc(C(F)(F)F)ccc1Cl)C1(c3ccc(Cl)cc3)C(=O)C2(c2ccc(Cl)cc2)C(c2ccccc2)=C1c1ccccc1. The Morgan fingerprint density at radius 2 is 0.980 bits per heavy atom. The Bertz CT molecular complexity index is 2130. The van der Waals surface area contributed by atoms with E-state index in [0.717, 1.165) is 17.0 Å². The topological polar surface area (TPSA) is 54.5 Å². The van der Waals surface area contributed by atoms with Gasteiger partial charge in [0.15, 0.2) is 5.78 Å². The van der Waals surface area contributed by atoms with Gasteiger partial charge in [0.1, 0.15) is 0 Å². The van der Waals surface area contributed by atoms with Gasteiger partial charge < -0.3 is 0 Å². The van der Waals surface area contributed by atoms with Crippen molar-refractivity contribution in [2.45, 2.75) is 17.0 Å². The zero-order chi connectivity index (χ0) is 35.2. The van der Waals surface area contributed by atoms with Gasteiger partial charge in [0.25, 0.3) is 0 Å². The molecule has 1 heterocycles. The largest absolute Gasteiger partial charge is 0.416 e. The molecule has 5 aromatic rings. The van der Waals surface area contributed by atoms with Crippen molar-refractivity contribution in [3.05, 3.63) is 170 Å². The van der Waals surface area contributed by atoms with E-state index in [9.17, 15) is 13.2 Å². The lowest BCUT2D eigenvalue weighted by Crippen LogP contribution is -2.45. The maximum absolute atomic E-state index is 15.9.